The Labute approximate surface area is 108 Å². The van der Waals surface area contributed by atoms with Crippen molar-refractivity contribution in [2.24, 2.45) is 0 Å². The zero-order chi connectivity index (χ0) is 12.0. The number of ether oxygens (including phenoxy) is 1. The van der Waals surface area contributed by atoms with Gasteiger partial charge in [0, 0.05) is 10.1 Å². The van der Waals surface area contributed by atoms with E-state index in [-0.39, 0.29) is 6.61 Å². The van der Waals surface area contributed by atoms with Gasteiger partial charge in [0.2, 0.25) is 0 Å². The Balaban J connectivity index is 2.49. The first-order chi connectivity index (χ1) is 7.67. The van der Waals surface area contributed by atoms with Crippen LogP contribution in [0.2, 0.25) is 0 Å². The number of halogens is 1. The van der Waals surface area contributed by atoms with E-state index in [0.717, 1.165) is 9.13 Å². The molecule has 5 heteroatoms. The molecule has 0 spiro atoms. The van der Waals surface area contributed by atoms with Crippen molar-refractivity contribution in [1.29, 1.82) is 0 Å². The number of aliphatic hydroxyl groups excluding tert-OH is 1. The van der Waals surface area contributed by atoms with Crippen LogP contribution in [0.25, 0.3) is 0 Å². The summed E-state index contributed by atoms with van der Waals surface area (Å²) in [6.45, 7) is 0.258. The van der Waals surface area contributed by atoms with Crippen LogP contribution in [0.1, 0.15) is 5.56 Å². The fraction of sp³-hybridized carbons (Fsp3) is 0.364. The average molecular weight is 335 g/mol. The molecule has 0 amide bonds. The second kappa shape index (κ2) is 6.82. The van der Waals surface area contributed by atoms with Crippen molar-refractivity contribution in [2.75, 3.05) is 13.7 Å². The lowest BCUT2D eigenvalue weighted by Gasteiger charge is -2.13. The summed E-state index contributed by atoms with van der Waals surface area (Å²) in [6, 6.07) is 7.26. The Morgan fingerprint density at radius 3 is 2.62 bits per heavy atom. The van der Waals surface area contributed by atoms with Gasteiger partial charge >= 0.3 is 5.97 Å². The van der Waals surface area contributed by atoms with Crippen LogP contribution in [-0.4, -0.2) is 30.8 Å². The normalized spacial score (nSPS) is 12.2. The highest BCUT2D eigenvalue weighted by atomic mass is 127. The summed E-state index contributed by atoms with van der Waals surface area (Å²) >= 11 is 2.23. The van der Waals surface area contributed by atoms with Crippen molar-refractivity contribution in [1.82, 2.24) is 5.32 Å². The molecule has 0 radical (unpaired) electrons. The Morgan fingerprint density at radius 1 is 1.50 bits per heavy atom. The molecular weight excluding hydrogens is 321 g/mol. The summed E-state index contributed by atoms with van der Waals surface area (Å²) < 4.78 is 5.71. The van der Waals surface area contributed by atoms with E-state index >= 15 is 0 Å². The maximum absolute atomic E-state index is 11.2. The summed E-state index contributed by atoms with van der Waals surface area (Å²) in [7, 11) is 1.30. The molecule has 1 aromatic rings. The topological polar surface area (TPSA) is 58.6 Å². The molecule has 4 nitrogen and oxygen atoms in total. The molecule has 0 aliphatic heterocycles. The molecule has 0 heterocycles. The van der Waals surface area contributed by atoms with Crippen molar-refractivity contribution in [3.63, 3.8) is 0 Å². The molecule has 1 aromatic carbocycles. The first-order valence-electron chi connectivity index (χ1n) is 4.84. The van der Waals surface area contributed by atoms with Crippen LogP contribution in [-0.2, 0) is 16.1 Å². The number of esters is 1. The van der Waals surface area contributed by atoms with Gasteiger partial charge in [0.25, 0.3) is 0 Å². The summed E-state index contributed by atoms with van der Waals surface area (Å²) in [4.78, 5) is 11.2. The molecule has 0 aliphatic carbocycles. The number of carbonyl (C=O) groups excluding carboxylic acids is 1. The number of methoxy groups -OCH3 is 1. The third-order valence-corrected chi connectivity index (χ3v) is 2.85. The lowest BCUT2D eigenvalue weighted by atomic mass is 10.2. The van der Waals surface area contributed by atoms with E-state index in [1.807, 2.05) is 24.3 Å². The highest BCUT2D eigenvalue weighted by molar-refractivity contribution is 14.1. The SMILES string of the molecule is COC(=O)C(CO)NCc1ccc(I)cc1. The lowest BCUT2D eigenvalue weighted by molar-refractivity contribution is -0.144. The molecule has 0 saturated heterocycles. The molecule has 1 unspecified atom stereocenters. The van der Waals surface area contributed by atoms with Crippen LogP contribution in [0, 0.1) is 3.57 Å². The number of benzene rings is 1. The zero-order valence-corrected chi connectivity index (χ0v) is 11.1. The minimum absolute atomic E-state index is 0.267. The van der Waals surface area contributed by atoms with E-state index < -0.39 is 12.0 Å². The maximum atomic E-state index is 11.2. The minimum Gasteiger partial charge on any atom is -0.468 e. The van der Waals surface area contributed by atoms with Gasteiger partial charge < -0.3 is 9.84 Å². The first-order valence-corrected chi connectivity index (χ1v) is 5.91. The zero-order valence-electron chi connectivity index (χ0n) is 8.94. The quantitative estimate of drug-likeness (QED) is 0.621. The number of rotatable bonds is 5. The third-order valence-electron chi connectivity index (χ3n) is 2.13. The molecule has 0 fully saturated rings. The fourth-order valence-corrected chi connectivity index (χ4v) is 1.57. The van der Waals surface area contributed by atoms with Gasteiger partial charge in [-0.3, -0.25) is 10.1 Å². The van der Waals surface area contributed by atoms with E-state index in [2.05, 4.69) is 32.6 Å². The molecule has 0 saturated carbocycles. The van der Waals surface area contributed by atoms with Crippen molar-refractivity contribution in [2.45, 2.75) is 12.6 Å². The van der Waals surface area contributed by atoms with E-state index in [1.165, 1.54) is 7.11 Å². The van der Waals surface area contributed by atoms with Crippen LogP contribution in [0.5, 0.6) is 0 Å². The summed E-state index contributed by atoms with van der Waals surface area (Å²) in [5, 5.41) is 11.9. The summed E-state index contributed by atoms with van der Waals surface area (Å²) in [5.41, 5.74) is 1.06. The fourth-order valence-electron chi connectivity index (χ4n) is 1.21. The van der Waals surface area contributed by atoms with E-state index in [0.29, 0.717) is 6.54 Å². The van der Waals surface area contributed by atoms with Crippen LogP contribution >= 0.6 is 22.6 Å². The predicted molar refractivity (Wildman–Crippen MR) is 68.9 cm³/mol. The number of hydrogen-bond acceptors (Lipinski definition) is 4. The van der Waals surface area contributed by atoms with Crippen LogP contribution in [0.15, 0.2) is 24.3 Å². The standard InChI is InChI=1S/C11H14INO3/c1-16-11(15)10(7-14)13-6-8-2-4-9(12)5-3-8/h2-5,10,13-14H,6-7H2,1H3. The molecular formula is C11H14INO3. The van der Waals surface area contributed by atoms with Crippen LogP contribution < -0.4 is 5.32 Å². The van der Waals surface area contributed by atoms with Crippen molar-refractivity contribution < 1.29 is 14.6 Å². The summed E-state index contributed by atoms with van der Waals surface area (Å²) in [5.74, 6) is -0.451. The van der Waals surface area contributed by atoms with E-state index in [9.17, 15) is 4.79 Å². The highest BCUT2D eigenvalue weighted by Gasteiger charge is 2.16. The Morgan fingerprint density at radius 2 is 2.12 bits per heavy atom. The van der Waals surface area contributed by atoms with Gasteiger partial charge in [-0.2, -0.15) is 0 Å². The third kappa shape index (κ3) is 4.07. The first kappa shape index (κ1) is 13.4. The average Bonchev–Trinajstić information content (AvgIpc) is 2.31. The molecule has 0 bridgehead atoms. The van der Waals surface area contributed by atoms with Gasteiger partial charge in [0.15, 0.2) is 0 Å². The van der Waals surface area contributed by atoms with Crippen molar-refractivity contribution in [3.8, 4) is 0 Å². The van der Waals surface area contributed by atoms with Crippen molar-refractivity contribution in [3.05, 3.63) is 33.4 Å². The number of aliphatic hydroxyl groups is 1. The van der Waals surface area contributed by atoms with Crippen LogP contribution in [0.4, 0.5) is 0 Å². The molecule has 0 aromatic heterocycles. The largest absolute Gasteiger partial charge is 0.468 e. The van der Waals surface area contributed by atoms with Gasteiger partial charge in [-0.25, -0.2) is 0 Å². The Bertz CT molecular complexity index is 340. The van der Waals surface area contributed by atoms with Gasteiger partial charge in [-0.15, -0.1) is 0 Å². The second-order valence-electron chi connectivity index (χ2n) is 3.27. The molecule has 2 N–H and O–H groups in total. The van der Waals surface area contributed by atoms with Crippen LogP contribution in [0.3, 0.4) is 0 Å². The smallest absolute Gasteiger partial charge is 0.325 e. The molecule has 0 aliphatic rings. The number of nitrogens with one attached hydrogen (secondary N) is 1. The van der Waals surface area contributed by atoms with Gasteiger partial charge in [-0.1, -0.05) is 12.1 Å². The predicted octanol–water partition coefficient (Wildman–Crippen LogP) is 0.915. The second-order valence-corrected chi connectivity index (χ2v) is 4.51. The minimum atomic E-state index is -0.663. The highest BCUT2D eigenvalue weighted by Crippen LogP contribution is 2.06. The van der Waals surface area contributed by atoms with E-state index in [1.54, 1.807) is 0 Å². The number of carbonyl (C=O) groups is 1. The van der Waals surface area contributed by atoms with Gasteiger partial charge in [0.1, 0.15) is 6.04 Å². The monoisotopic (exact) mass is 335 g/mol. The van der Waals surface area contributed by atoms with Gasteiger partial charge in [0.05, 0.1) is 13.7 Å². The summed E-state index contributed by atoms with van der Waals surface area (Å²) in [6.07, 6.45) is 0. The number of hydrogen-bond donors (Lipinski definition) is 2. The van der Waals surface area contributed by atoms with Crippen molar-refractivity contribution >= 4 is 28.6 Å². The Kier molecular flexibility index (Phi) is 5.72. The lowest BCUT2D eigenvalue weighted by Crippen LogP contribution is -2.40. The molecule has 88 valence electrons. The maximum Gasteiger partial charge on any atom is 0.325 e. The van der Waals surface area contributed by atoms with E-state index in [4.69, 9.17) is 5.11 Å². The Hall–Kier alpha value is -0.660. The molecule has 16 heavy (non-hydrogen) atoms. The molecule has 1 rings (SSSR count). The van der Waals surface area contributed by atoms with Gasteiger partial charge in [-0.05, 0) is 40.3 Å². The molecule has 1 atom stereocenters.